The molecule has 2 radical (unpaired) electrons. The van der Waals surface area contributed by atoms with Crippen LogP contribution in [-0.4, -0.2) is 31.4 Å². The van der Waals surface area contributed by atoms with Crippen LogP contribution in [-0.2, 0) is 0 Å². The Balaban J connectivity index is 2.75. The summed E-state index contributed by atoms with van der Waals surface area (Å²) < 4.78 is 0. The van der Waals surface area contributed by atoms with Crippen LogP contribution in [0.4, 0.5) is 0 Å². The van der Waals surface area contributed by atoms with E-state index in [0.29, 0.717) is 5.06 Å². The molecular weight excluding hydrogens is 162 g/mol. The molecule has 12 heavy (non-hydrogen) atoms. The zero-order valence-corrected chi connectivity index (χ0v) is 9.66. The van der Waals surface area contributed by atoms with Crippen molar-refractivity contribution in [3.05, 3.63) is 0 Å². The van der Waals surface area contributed by atoms with E-state index in [-0.39, 0.29) is 0 Å². The van der Waals surface area contributed by atoms with Gasteiger partial charge in [0.25, 0.3) is 0 Å². The Morgan fingerprint density at radius 2 is 1.50 bits per heavy atom. The zero-order chi connectivity index (χ0) is 9.24. The van der Waals surface area contributed by atoms with Crippen LogP contribution in [0.25, 0.3) is 0 Å². The summed E-state index contributed by atoms with van der Waals surface area (Å²) in [6, 6.07) is 0. The van der Waals surface area contributed by atoms with E-state index < -0.39 is 7.26 Å². The molecule has 0 atom stereocenters. The van der Waals surface area contributed by atoms with Crippen molar-refractivity contribution in [3.8, 4) is 0 Å². The van der Waals surface area contributed by atoms with E-state index in [1.165, 1.54) is 37.7 Å². The van der Waals surface area contributed by atoms with Crippen LogP contribution in [0.15, 0.2) is 0 Å². The third-order valence-electron chi connectivity index (χ3n) is 3.98. The highest BCUT2D eigenvalue weighted by Crippen LogP contribution is 2.72. The molecule has 0 aromatic rings. The van der Waals surface area contributed by atoms with Crippen molar-refractivity contribution in [2.24, 2.45) is 0 Å². The molecular formula is C10H21BP+. The van der Waals surface area contributed by atoms with Crippen LogP contribution >= 0.6 is 7.26 Å². The Labute approximate surface area is 79.3 Å². The summed E-state index contributed by atoms with van der Waals surface area (Å²) in [6.45, 7) is 7.02. The highest BCUT2D eigenvalue weighted by atomic mass is 31.2. The molecule has 0 nitrogen and oxygen atoms in total. The molecule has 1 saturated carbocycles. The quantitative estimate of drug-likeness (QED) is 0.464. The molecule has 2 heteroatoms. The molecule has 0 heterocycles. The molecule has 0 aromatic carbocycles. The van der Waals surface area contributed by atoms with Gasteiger partial charge < -0.3 is 0 Å². The van der Waals surface area contributed by atoms with E-state index in [9.17, 15) is 0 Å². The second-order valence-corrected chi connectivity index (χ2v) is 9.13. The number of hydrogen-bond acceptors (Lipinski definition) is 0. The Morgan fingerprint density at radius 3 is 1.58 bits per heavy atom. The molecule has 0 bridgehead atoms. The van der Waals surface area contributed by atoms with Gasteiger partial charge in [-0.2, -0.15) is 0 Å². The summed E-state index contributed by atoms with van der Waals surface area (Å²) in [4.78, 5) is 0. The minimum Gasteiger partial charge on any atom is -0.0469 e. The van der Waals surface area contributed by atoms with Crippen molar-refractivity contribution in [3.63, 3.8) is 0 Å². The number of hydrogen-bond donors (Lipinski definition) is 0. The average molecular weight is 183 g/mol. The fourth-order valence-corrected chi connectivity index (χ4v) is 7.12. The highest BCUT2D eigenvalue weighted by molar-refractivity contribution is 7.78. The molecule has 1 aliphatic rings. The summed E-state index contributed by atoms with van der Waals surface area (Å²) in [5, 5.41) is 0.297. The summed E-state index contributed by atoms with van der Waals surface area (Å²) in [6.07, 6.45) is 8.05. The third kappa shape index (κ3) is 1.35. The van der Waals surface area contributed by atoms with E-state index in [0.717, 1.165) is 0 Å². The first-order valence-corrected chi connectivity index (χ1v) is 7.63. The maximum atomic E-state index is 6.46. The average Bonchev–Trinajstić information content (AvgIpc) is 2.05. The molecule has 0 aliphatic heterocycles. The maximum absolute atomic E-state index is 6.46. The lowest BCUT2D eigenvalue weighted by Crippen LogP contribution is -2.42. The second-order valence-electron chi connectivity index (χ2n) is 4.05. The fraction of sp³-hybridized carbons (Fsp3) is 1.00. The van der Waals surface area contributed by atoms with Gasteiger partial charge in [0.1, 0.15) is 7.85 Å². The highest BCUT2D eigenvalue weighted by Gasteiger charge is 2.53. The van der Waals surface area contributed by atoms with Crippen molar-refractivity contribution in [1.29, 1.82) is 0 Å². The minimum atomic E-state index is -0.777. The first-order chi connectivity index (χ1) is 5.64. The van der Waals surface area contributed by atoms with Crippen LogP contribution in [0.2, 0.25) is 0 Å². The smallest absolute Gasteiger partial charge is 0.0469 e. The molecule has 1 fully saturated rings. The van der Waals surface area contributed by atoms with E-state index in [1.807, 2.05) is 0 Å². The SMILES string of the molecule is [B]C1([P+](CC)(CC)CC)CCC1. The maximum Gasteiger partial charge on any atom is 0.131 e. The van der Waals surface area contributed by atoms with E-state index >= 15 is 0 Å². The lowest BCUT2D eigenvalue weighted by atomic mass is 9.69. The lowest BCUT2D eigenvalue weighted by molar-refractivity contribution is 0.460. The molecule has 1 aliphatic carbocycles. The summed E-state index contributed by atoms with van der Waals surface area (Å²) >= 11 is 0. The zero-order valence-electron chi connectivity index (χ0n) is 8.77. The van der Waals surface area contributed by atoms with Crippen molar-refractivity contribution in [2.75, 3.05) is 18.5 Å². The first-order valence-electron chi connectivity index (χ1n) is 5.29. The van der Waals surface area contributed by atoms with E-state index in [4.69, 9.17) is 7.85 Å². The molecule has 0 N–H and O–H groups in total. The summed E-state index contributed by atoms with van der Waals surface area (Å²) in [5.74, 6) is 0. The van der Waals surface area contributed by atoms with Gasteiger partial charge in [0.2, 0.25) is 0 Å². The Kier molecular flexibility index (Phi) is 3.26. The number of rotatable bonds is 4. The van der Waals surface area contributed by atoms with Crippen molar-refractivity contribution in [1.82, 2.24) is 0 Å². The van der Waals surface area contributed by atoms with Gasteiger partial charge in [-0.3, -0.25) is 0 Å². The summed E-state index contributed by atoms with van der Waals surface area (Å²) in [5.41, 5.74) is 0. The minimum absolute atomic E-state index is 0.297. The molecule has 0 saturated heterocycles. The van der Waals surface area contributed by atoms with Gasteiger partial charge in [0.05, 0.1) is 18.5 Å². The first kappa shape index (κ1) is 10.6. The fourth-order valence-electron chi connectivity index (χ4n) is 2.63. The topological polar surface area (TPSA) is 0 Å². The molecule has 0 unspecified atom stereocenters. The molecule has 68 valence electrons. The normalized spacial score (nSPS) is 21.9. The van der Waals surface area contributed by atoms with Crippen molar-refractivity contribution < 1.29 is 0 Å². The van der Waals surface area contributed by atoms with Crippen LogP contribution in [0.5, 0.6) is 0 Å². The van der Waals surface area contributed by atoms with Gasteiger partial charge in [-0.05, 0) is 40.0 Å². The van der Waals surface area contributed by atoms with Gasteiger partial charge in [-0.25, -0.2) is 0 Å². The van der Waals surface area contributed by atoms with E-state index in [2.05, 4.69) is 20.8 Å². The van der Waals surface area contributed by atoms with Crippen LogP contribution in [0.1, 0.15) is 40.0 Å². The van der Waals surface area contributed by atoms with E-state index in [1.54, 1.807) is 0 Å². The van der Waals surface area contributed by atoms with Crippen molar-refractivity contribution >= 4 is 15.1 Å². The van der Waals surface area contributed by atoms with Gasteiger partial charge in [-0.15, -0.1) is 0 Å². The van der Waals surface area contributed by atoms with Crippen molar-refractivity contribution in [2.45, 2.75) is 45.1 Å². The lowest BCUT2D eigenvalue weighted by Gasteiger charge is -2.48. The van der Waals surface area contributed by atoms with Gasteiger partial charge >= 0.3 is 0 Å². The van der Waals surface area contributed by atoms with Gasteiger partial charge in [-0.1, -0.05) is 0 Å². The molecule has 0 amide bonds. The standard InChI is InChI=1S/C10H21BP/c1-4-12(5-2,6-3)10(11)8-7-9-10/h4-9H2,1-3H3/q+1. The van der Waals surface area contributed by atoms with Gasteiger partial charge in [0, 0.05) is 12.3 Å². The monoisotopic (exact) mass is 183 g/mol. The Bertz CT molecular complexity index is 140. The second kappa shape index (κ2) is 3.70. The predicted molar refractivity (Wildman–Crippen MR) is 60.9 cm³/mol. The largest absolute Gasteiger partial charge is 0.131 e. The van der Waals surface area contributed by atoms with Gasteiger partial charge in [0.15, 0.2) is 0 Å². The molecule has 0 aromatic heterocycles. The Morgan fingerprint density at radius 1 is 1.08 bits per heavy atom. The van der Waals surface area contributed by atoms with Crippen LogP contribution in [0.3, 0.4) is 0 Å². The third-order valence-corrected chi connectivity index (χ3v) is 9.95. The molecule has 1 rings (SSSR count). The summed E-state index contributed by atoms with van der Waals surface area (Å²) in [7, 11) is 5.69. The van der Waals surface area contributed by atoms with Crippen LogP contribution in [0, 0.1) is 0 Å². The van der Waals surface area contributed by atoms with Crippen LogP contribution < -0.4 is 0 Å². The Hall–Kier alpha value is 0.495. The predicted octanol–water partition coefficient (Wildman–Crippen LogP) is 3.11. The molecule has 0 spiro atoms.